The number of nitrogens with one attached hydrogen (secondary N) is 1. The molecule has 0 bridgehead atoms. The number of nitrogens with zero attached hydrogens (tertiary/aromatic N) is 1. The summed E-state index contributed by atoms with van der Waals surface area (Å²) in [6.45, 7) is 7.33. The number of rotatable bonds is 4. The van der Waals surface area contributed by atoms with E-state index in [1.807, 2.05) is 0 Å². The highest BCUT2D eigenvalue weighted by atomic mass is 19.1. The lowest BCUT2D eigenvalue weighted by Crippen LogP contribution is -2.34. The second-order valence-corrected chi connectivity index (χ2v) is 5.38. The molecule has 0 spiro atoms. The Labute approximate surface area is 108 Å². The Hall–Kier alpha value is -1.38. The Bertz CT molecular complexity index is 456. The highest BCUT2D eigenvalue weighted by Crippen LogP contribution is 2.27. The molecule has 0 amide bonds. The fourth-order valence-electron chi connectivity index (χ4n) is 2.58. The van der Waals surface area contributed by atoms with Gasteiger partial charge in [-0.05, 0) is 37.0 Å². The van der Waals surface area contributed by atoms with Gasteiger partial charge in [-0.2, -0.15) is 0 Å². The number of amidine groups is 1. The average Bonchev–Trinajstić information content (AvgIpc) is 2.66. The van der Waals surface area contributed by atoms with Crippen LogP contribution in [0.3, 0.4) is 0 Å². The molecule has 2 atom stereocenters. The number of hydrogen-bond acceptors (Lipinski definition) is 1. The van der Waals surface area contributed by atoms with Crippen LogP contribution in [0.5, 0.6) is 0 Å². The van der Waals surface area contributed by atoms with Gasteiger partial charge in [0, 0.05) is 18.2 Å². The third kappa shape index (κ3) is 2.40. The van der Waals surface area contributed by atoms with Crippen LogP contribution in [0.25, 0.3) is 0 Å². The van der Waals surface area contributed by atoms with Gasteiger partial charge >= 0.3 is 0 Å². The van der Waals surface area contributed by atoms with Crippen molar-refractivity contribution in [2.24, 2.45) is 5.92 Å². The monoisotopic (exact) mass is 248 g/mol. The molecule has 1 aromatic carbocycles. The van der Waals surface area contributed by atoms with Gasteiger partial charge in [-0.3, -0.25) is 5.41 Å². The van der Waals surface area contributed by atoms with Crippen molar-refractivity contribution in [1.82, 2.24) is 4.90 Å². The standard InChI is InChI=1S/C15H21FN2/c1-4-10(2)7-11(3)18-9-12-5-6-13(16)8-14(12)15(18)17/h5-6,8,10-11,17H,4,7,9H2,1-3H3. The largest absolute Gasteiger partial charge is 0.350 e. The molecule has 1 aliphatic heterocycles. The summed E-state index contributed by atoms with van der Waals surface area (Å²) in [7, 11) is 0. The van der Waals surface area contributed by atoms with E-state index in [4.69, 9.17) is 5.41 Å². The number of hydrogen-bond donors (Lipinski definition) is 1. The van der Waals surface area contributed by atoms with Crippen molar-refractivity contribution < 1.29 is 4.39 Å². The lowest BCUT2D eigenvalue weighted by molar-refractivity contribution is 0.281. The molecular weight excluding hydrogens is 227 g/mol. The summed E-state index contributed by atoms with van der Waals surface area (Å²) in [5.74, 6) is 0.878. The van der Waals surface area contributed by atoms with Gasteiger partial charge in [0.05, 0.1) is 0 Å². The predicted molar refractivity (Wildman–Crippen MR) is 72.3 cm³/mol. The molecule has 18 heavy (non-hydrogen) atoms. The van der Waals surface area contributed by atoms with Crippen LogP contribution in [0.15, 0.2) is 18.2 Å². The first kappa shape index (κ1) is 13.1. The Morgan fingerprint density at radius 2 is 2.11 bits per heavy atom. The normalized spacial score (nSPS) is 17.8. The minimum absolute atomic E-state index is 0.255. The molecule has 1 aliphatic rings. The molecule has 2 rings (SSSR count). The van der Waals surface area contributed by atoms with Gasteiger partial charge in [0.25, 0.3) is 0 Å². The Morgan fingerprint density at radius 1 is 1.39 bits per heavy atom. The second-order valence-electron chi connectivity index (χ2n) is 5.38. The van der Waals surface area contributed by atoms with E-state index >= 15 is 0 Å². The summed E-state index contributed by atoms with van der Waals surface area (Å²) < 4.78 is 13.2. The van der Waals surface area contributed by atoms with Gasteiger partial charge in [-0.1, -0.05) is 26.3 Å². The van der Waals surface area contributed by atoms with Gasteiger partial charge < -0.3 is 4.90 Å². The Balaban J connectivity index is 2.13. The van der Waals surface area contributed by atoms with Crippen molar-refractivity contribution in [3.05, 3.63) is 35.1 Å². The van der Waals surface area contributed by atoms with E-state index in [0.717, 1.165) is 30.5 Å². The van der Waals surface area contributed by atoms with Crippen LogP contribution in [0, 0.1) is 17.1 Å². The minimum atomic E-state index is -0.255. The van der Waals surface area contributed by atoms with E-state index in [1.54, 1.807) is 6.07 Å². The molecule has 0 saturated heterocycles. The maximum atomic E-state index is 13.2. The molecule has 0 saturated carbocycles. The second kappa shape index (κ2) is 5.09. The van der Waals surface area contributed by atoms with Crippen LogP contribution in [0.4, 0.5) is 4.39 Å². The SMILES string of the molecule is CCC(C)CC(C)N1Cc2ccc(F)cc2C1=N. The van der Waals surface area contributed by atoms with Gasteiger partial charge in [-0.25, -0.2) is 4.39 Å². The van der Waals surface area contributed by atoms with Crippen LogP contribution in [-0.2, 0) is 6.54 Å². The average molecular weight is 248 g/mol. The van der Waals surface area contributed by atoms with Crippen molar-refractivity contribution in [2.45, 2.75) is 46.2 Å². The van der Waals surface area contributed by atoms with Crippen molar-refractivity contribution in [1.29, 1.82) is 5.41 Å². The maximum absolute atomic E-state index is 13.2. The van der Waals surface area contributed by atoms with Crippen molar-refractivity contribution in [2.75, 3.05) is 0 Å². The molecule has 0 aromatic heterocycles. The first-order valence-electron chi connectivity index (χ1n) is 6.67. The zero-order valence-corrected chi connectivity index (χ0v) is 11.3. The highest BCUT2D eigenvalue weighted by molar-refractivity contribution is 6.00. The summed E-state index contributed by atoms with van der Waals surface area (Å²) in [4.78, 5) is 2.08. The van der Waals surface area contributed by atoms with Crippen molar-refractivity contribution >= 4 is 5.84 Å². The lowest BCUT2D eigenvalue weighted by Gasteiger charge is -2.28. The van der Waals surface area contributed by atoms with Gasteiger partial charge in [-0.15, -0.1) is 0 Å². The lowest BCUT2D eigenvalue weighted by atomic mass is 9.99. The summed E-state index contributed by atoms with van der Waals surface area (Å²) in [5.41, 5.74) is 1.82. The maximum Gasteiger partial charge on any atom is 0.129 e. The zero-order chi connectivity index (χ0) is 13.3. The third-order valence-electron chi connectivity index (χ3n) is 3.93. The molecule has 1 N–H and O–H groups in total. The molecule has 0 aliphatic carbocycles. The summed E-state index contributed by atoms with van der Waals surface area (Å²) in [6.07, 6.45) is 2.24. The molecule has 98 valence electrons. The number of fused-ring (bicyclic) bond motifs is 1. The molecule has 3 heteroatoms. The fourth-order valence-corrected chi connectivity index (χ4v) is 2.58. The highest BCUT2D eigenvalue weighted by Gasteiger charge is 2.28. The van der Waals surface area contributed by atoms with E-state index < -0.39 is 0 Å². The van der Waals surface area contributed by atoms with Crippen LogP contribution in [0.2, 0.25) is 0 Å². The van der Waals surface area contributed by atoms with Crippen molar-refractivity contribution in [3.63, 3.8) is 0 Å². The van der Waals surface area contributed by atoms with Gasteiger partial charge in [0.15, 0.2) is 0 Å². The Morgan fingerprint density at radius 3 is 2.78 bits per heavy atom. The first-order chi connectivity index (χ1) is 8.52. The van der Waals surface area contributed by atoms with E-state index in [2.05, 4.69) is 25.7 Å². The Kier molecular flexibility index (Phi) is 3.69. The van der Waals surface area contributed by atoms with Crippen LogP contribution in [-0.4, -0.2) is 16.8 Å². The molecular formula is C15H21FN2. The number of halogens is 1. The van der Waals surface area contributed by atoms with Crippen LogP contribution >= 0.6 is 0 Å². The van der Waals surface area contributed by atoms with E-state index in [9.17, 15) is 4.39 Å². The smallest absolute Gasteiger partial charge is 0.129 e. The topological polar surface area (TPSA) is 27.1 Å². The quantitative estimate of drug-likeness (QED) is 0.862. The summed E-state index contributed by atoms with van der Waals surface area (Å²) >= 11 is 0. The van der Waals surface area contributed by atoms with Crippen molar-refractivity contribution in [3.8, 4) is 0 Å². The predicted octanol–water partition coefficient (Wildman–Crippen LogP) is 3.79. The minimum Gasteiger partial charge on any atom is -0.350 e. The van der Waals surface area contributed by atoms with Crippen LogP contribution < -0.4 is 0 Å². The van der Waals surface area contributed by atoms with E-state index in [-0.39, 0.29) is 5.82 Å². The zero-order valence-electron chi connectivity index (χ0n) is 11.3. The summed E-state index contributed by atoms with van der Waals surface area (Å²) in [6, 6.07) is 5.10. The summed E-state index contributed by atoms with van der Waals surface area (Å²) in [5, 5.41) is 8.18. The fraction of sp³-hybridized carbons (Fsp3) is 0.533. The van der Waals surface area contributed by atoms with Crippen LogP contribution in [0.1, 0.15) is 44.7 Å². The van der Waals surface area contributed by atoms with Gasteiger partial charge in [0.1, 0.15) is 11.7 Å². The molecule has 0 radical (unpaired) electrons. The van der Waals surface area contributed by atoms with Gasteiger partial charge in [0.2, 0.25) is 0 Å². The molecule has 1 aromatic rings. The molecule has 0 fully saturated rings. The third-order valence-corrected chi connectivity index (χ3v) is 3.93. The first-order valence-corrected chi connectivity index (χ1v) is 6.67. The number of benzene rings is 1. The molecule has 2 nitrogen and oxygen atoms in total. The van der Waals surface area contributed by atoms with E-state index in [0.29, 0.717) is 17.8 Å². The molecule has 2 unspecified atom stereocenters. The van der Waals surface area contributed by atoms with E-state index in [1.165, 1.54) is 12.1 Å². The molecule has 1 heterocycles.